The molecule has 2 aliphatic heterocycles. The lowest BCUT2D eigenvalue weighted by Gasteiger charge is -2.53. The minimum atomic E-state index is -0.312. The van der Waals surface area contributed by atoms with Crippen molar-refractivity contribution in [2.24, 2.45) is 0 Å². The van der Waals surface area contributed by atoms with Crippen molar-refractivity contribution < 1.29 is 19.4 Å². The molecule has 2 aromatic rings. The number of carbonyl (C=O) groups excluding carboxylic acids is 2. The zero-order valence-corrected chi connectivity index (χ0v) is 25.2. The zero-order chi connectivity index (χ0) is 30.9. The summed E-state index contributed by atoms with van der Waals surface area (Å²) in [7, 11) is 3.50. The third-order valence-corrected chi connectivity index (χ3v) is 6.60. The average Bonchev–Trinajstić information content (AvgIpc) is 2.99. The van der Waals surface area contributed by atoms with Crippen molar-refractivity contribution >= 4 is 11.8 Å². The highest BCUT2D eigenvalue weighted by Gasteiger charge is 2.44. The number of likely N-dealkylation sites (N-methyl/N-ethyl adjacent to an activating group) is 1. The molecule has 1 atom stereocenters. The third kappa shape index (κ3) is 10.3. The van der Waals surface area contributed by atoms with Crippen LogP contribution in [-0.4, -0.2) is 89.8 Å². The standard InChI is InChI=1S/C24H29N5O3.C6H13N.C2H4O/c1-18(25-13-19-7-5-4-6-8-19)29-22-15-27(14-20-9-11-21(32-3)12-10-20)23(30)17-28(22)24(31)16-26(29)2;1-3-5-7-6-4-2;1-2-3/h4-12,22,25H,1,13-17H2,2-3H3;3,7H,1,4-6H2,2H3;2-3H,1H2. The van der Waals surface area contributed by atoms with Crippen LogP contribution in [0.5, 0.6) is 5.75 Å². The van der Waals surface area contributed by atoms with E-state index in [0.717, 1.165) is 36.2 Å². The third-order valence-electron chi connectivity index (χ3n) is 6.60. The van der Waals surface area contributed by atoms with E-state index in [9.17, 15) is 9.59 Å². The van der Waals surface area contributed by atoms with Gasteiger partial charge >= 0.3 is 0 Å². The summed E-state index contributed by atoms with van der Waals surface area (Å²) in [6.45, 7) is 16.7. The molecule has 2 fully saturated rings. The Kier molecular flexibility index (Phi) is 14.7. The number of hydrazine groups is 1. The highest BCUT2D eigenvalue weighted by molar-refractivity contribution is 5.87. The number of carbonyl (C=O) groups is 2. The lowest BCUT2D eigenvalue weighted by molar-refractivity contribution is -0.183. The van der Waals surface area contributed by atoms with Crippen molar-refractivity contribution in [3.05, 3.63) is 104 Å². The van der Waals surface area contributed by atoms with Gasteiger partial charge in [0.05, 0.1) is 26.5 Å². The van der Waals surface area contributed by atoms with Crippen LogP contribution in [0, 0.1) is 0 Å². The minimum absolute atomic E-state index is 0.0537. The van der Waals surface area contributed by atoms with E-state index in [-0.39, 0.29) is 31.1 Å². The summed E-state index contributed by atoms with van der Waals surface area (Å²) in [4.78, 5) is 29.0. The first-order valence-electron chi connectivity index (χ1n) is 14.0. The van der Waals surface area contributed by atoms with Crippen LogP contribution in [0.4, 0.5) is 0 Å². The van der Waals surface area contributed by atoms with Crippen molar-refractivity contribution in [1.29, 1.82) is 0 Å². The van der Waals surface area contributed by atoms with Gasteiger partial charge in [0.1, 0.15) is 24.3 Å². The number of aliphatic hydroxyl groups is 1. The maximum Gasteiger partial charge on any atom is 0.242 e. The molecule has 0 spiro atoms. The molecule has 228 valence electrons. The van der Waals surface area contributed by atoms with Gasteiger partial charge in [0, 0.05) is 26.7 Å². The maximum absolute atomic E-state index is 12.8. The molecule has 2 aromatic carbocycles. The van der Waals surface area contributed by atoms with Crippen LogP contribution >= 0.6 is 0 Å². The number of hydrogen-bond donors (Lipinski definition) is 3. The molecule has 2 saturated heterocycles. The highest BCUT2D eigenvalue weighted by Crippen LogP contribution is 2.25. The molecule has 0 saturated carbocycles. The van der Waals surface area contributed by atoms with E-state index in [4.69, 9.17) is 9.84 Å². The molecule has 0 bridgehead atoms. The van der Waals surface area contributed by atoms with Crippen molar-refractivity contribution in [2.75, 3.05) is 46.9 Å². The smallest absolute Gasteiger partial charge is 0.242 e. The second-order valence-electron chi connectivity index (χ2n) is 9.75. The molecule has 0 aromatic heterocycles. The Bertz CT molecular complexity index is 1140. The molecule has 0 radical (unpaired) electrons. The Balaban J connectivity index is 0.000000534. The summed E-state index contributed by atoms with van der Waals surface area (Å²) in [5.41, 5.74) is 2.15. The van der Waals surface area contributed by atoms with Crippen LogP contribution in [-0.2, 0) is 22.7 Å². The van der Waals surface area contributed by atoms with Gasteiger partial charge in [-0.2, -0.15) is 0 Å². The van der Waals surface area contributed by atoms with E-state index in [2.05, 4.69) is 37.3 Å². The van der Waals surface area contributed by atoms with E-state index >= 15 is 0 Å². The van der Waals surface area contributed by atoms with Crippen LogP contribution in [0.3, 0.4) is 0 Å². The number of hydrogen-bond acceptors (Lipinski definition) is 8. The first-order valence-corrected chi connectivity index (χ1v) is 14.0. The van der Waals surface area contributed by atoms with Crippen molar-refractivity contribution in [1.82, 2.24) is 30.5 Å². The van der Waals surface area contributed by atoms with Crippen LogP contribution in [0.1, 0.15) is 24.5 Å². The molecule has 4 rings (SSSR count). The van der Waals surface area contributed by atoms with Crippen LogP contribution in [0.25, 0.3) is 0 Å². The maximum atomic E-state index is 12.8. The molecule has 42 heavy (non-hydrogen) atoms. The monoisotopic (exact) mass is 578 g/mol. The predicted molar refractivity (Wildman–Crippen MR) is 167 cm³/mol. The van der Waals surface area contributed by atoms with E-state index < -0.39 is 0 Å². The Labute approximate surface area is 250 Å². The summed E-state index contributed by atoms with van der Waals surface area (Å²) in [6, 6.07) is 17.7. The largest absolute Gasteiger partial charge is 0.516 e. The quantitative estimate of drug-likeness (QED) is 0.212. The molecule has 0 aliphatic carbocycles. The van der Waals surface area contributed by atoms with E-state index in [1.807, 2.05) is 77.7 Å². The number of fused-ring (bicyclic) bond motifs is 1. The van der Waals surface area contributed by atoms with E-state index in [1.165, 1.54) is 6.42 Å². The van der Waals surface area contributed by atoms with Crippen molar-refractivity contribution in [3.63, 3.8) is 0 Å². The number of methoxy groups -OCH3 is 1. The normalized spacial score (nSPS) is 16.3. The molecule has 10 nitrogen and oxygen atoms in total. The van der Waals surface area contributed by atoms with Gasteiger partial charge in [0.2, 0.25) is 11.8 Å². The molecule has 1 unspecified atom stereocenters. The number of nitrogens with zero attached hydrogens (tertiary/aromatic N) is 4. The van der Waals surface area contributed by atoms with Crippen LogP contribution in [0.2, 0.25) is 0 Å². The van der Waals surface area contributed by atoms with Crippen molar-refractivity contribution in [2.45, 2.75) is 32.6 Å². The van der Waals surface area contributed by atoms with Crippen molar-refractivity contribution in [3.8, 4) is 5.75 Å². The minimum Gasteiger partial charge on any atom is -0.516 e. The molecular formula is C32H46N6O4. The lowest BCUT2D eigenvalue weighted by atomic mass is 10.1. The molecule has 10 heteroatoms. The topological polar surface area (TPSA) is 101 Å². The predicted octanol–water partition coefficient (Wildman–Crippen LogP) is 3.48. The number of nitrogens with one attached hydrogen (secondary N) is 2. The zero-order valence-electron chi connectivity index (χ0n) is 25.2. The number of ether oxygens (including phenoxy) is 1. The van der Waals surface area contributed by atoms with Gasteiger partial charge < -0.3 is 30.3 Å². The van der Waals surface area contributed by atoms with Gasteiger partial charge in [-0.15, -0.1) is 6.58 Å². The summed E-state index contributed by atoms with van der Waals surface area (Å²) in [5, 5.41) is 17.7. The van der Waals surface area contributed by atoms with Gasteiger partial charge in [-0.25, -0.2) is 5.01 Å². The summed E-state index contributed by atoms with van der Waals surface area (Å²) >= 11 is 0. The number of amides is 2. The average molecular weight is 579 g/mol. The molecule has 3 N–H and O–H groups in total. The Morgan fingerprint density at radius 2 is 1.71 bits per heavy atom. The second kappa shape index (κ2) is 18.2. The second-order valence-corrected chi connectivity index (χ2v) is 9.75. The first kappa shape index (κ1) is 33.9. The van der Waals surface area contributed by atoms with E-state index in [0.29, 0.717) is 25.5 Å². The molecule has 2 amide bonds. The van der Waals surface area contributed by atoms with E-state index in [1.54, 1.807) is 16.9 Å². The molecule has 2 aliphatic rings. The number of piperazine rings is 1. The Morgan fingerprint density at radius 1 is 1.05 bits per heavy atom. The number of benzene rings is 2. The number of aliphatic hydroxyl groups excluding tert-OH is 1. The van der Waals surface area contributed by atoms with Gasteiger partial charge in [-0.05, 0) is 36.2 Å². The van der Waals surface area contributed by atoms with Gasteiger partial charge in [-0.3, -0.25) is 14.6 Å². The summed E-state index contributed by atoms with van der Waals surface area (Å²) < 4.78 is 5.22. The summed E-state index contributed by atoms with van der Waals surface area (Å²) in [5.74, 6) is 1.36. The first-order chi connectivity index (χ1) is 20.3. The Morgan fingerprint density at radius 3 is 2.31 bits per heavy atom. The van der Waals surface area contributed by atoms with Crippen LogP contribution < -0.4 is 15.4 Å². The number of rotatable bonds is 11. The van der Waals surface area contributed by atoms with Gasteiger partial charge in [0.25, 0.3) is 0 Å². The van der Waals surface area contributed by atoms with Crippen LogP contribution in [0.15, 0.2) is 92.5 Å². The molecular weight excluding hydrogens is 532 g/mol. The molecule has 2 heterocycles. The fraction of sp³-hybridized carbons (Fsp3) is 0.375. The van der Waals surface area contributed by atoms with Gasteiger partial charge in [-0.1, -0.05) is 68.6 Å². The fourth-order valence-corrected chi connectivity index (χ4v) is 4.55. The van der Waals surface area contributed by atoms with Gasteiger partial charge in [0.15, 0.2) is 0 Å². The fourth-order valence-electron chi connectivity index (χ4n) is 4.55. The SMILES string of the molecule is C=C(NCc1ccccc1)N1C2CN(Cc3ccc(OC)cc3)C(=O)CN2C(=O)CN1C.C=CCNCCC.C=CO. The highest BCUT2D eigenvalue weighted by atomic mass is 16.5. The Hall–Kier alpha value is -4.28. The summed E-state index contributed by atoms with van der Waals surface area (Å²) in [6.07, 6.45) is 3.51. The lowest BCUT2D eigenvalue weighted by Crippen LogP contribution is -2.71.